The van der Waals surface area contributed by atoms with Gasteiger partial charge in [-0.2, -0.15) is 0 Å². The van der Waals surface area contributed by atoms with Crippen molar-refractivity contribution < 1.29 is 4.79 Å². The van der Waals surface area contributed by atoms with E-state index >= 15 is 0 Å². The minimum Gasteiger partial charge on any atom is -0.271 e. The molecule has 0 saturated heterocycles. The molecule has 2 aromatic rings. The number of amides is 2. The quantitative estimate of drug-likeness (QED) is 0.245. The van der Waals surface area contributed by atoms with Crippen LogP contribution in [0.1, 0.15) is 16.7 Å². The van der Waals surface area contributed by atoms with Gasteiger partial charge in [0.25, 0.3) is 0 Å². The number of anilines is 1. The molecule has 0 aliphatic carbocycles. The summed E-state index contributed by atoms with van der Waals surface area (Å²) in [4.78, 5) is 16.9. The number of aryl methyl sites for hydroxylation is 1. The average Bonchev–Trinajstić information content (AvgIpc) is 2.70. The first-order valence-electron chi connectivity index (χ1n) is 8.85. The number of hydrazine groups is 2. The fourth-order valence-corrected chi connectivity index (χ4v) is 4.29. The van der Waals surface area contributed by atoms with Crippen LogP contribution in [0.4, 0.5) is 10.5 Å². The van der Waals surface area contributed by atoms with Crippen molar-refractivity contribution >= 4 is 39.6 Å². The Labute approximate surface area is 175 Å². The van der Waals surface area contributed by atoms with Crippen molar-refractivity contribution in [3.05, 3.63) is 65.2 Å². The first-order valence-corrected chi connectivity index (χ1v) is 11.1. The van der Waals surface area contributed by atoms with E-state index < -0.39 is 6.03 Å². The largest absolute Gasteiger partial charge is 0.352 e. The molecule has 0 heterocycles. The normalized spacial score (nSPS) is 11.4. The van der Waals surface area contributed by atoms with Gasteiger partial charge in [0, 0.05) is 19.3 Å². The zero-order valence-electron chi connectivity index (χ0n) is 16.5. The number of nitrogens with two attached hydrogens (primary N) is 2. The average molecular weight is 418 g/mol. The Hall–Kier alpha value is -2.00. The number of aliphatic imine (C=N–C) groups is 1. The molecule has 0 bridgehead atoms. The number of rotatable bonds is 6. The van der Waals surface area contributed by atoms with Crippen LogP contribution in [-0.2, 0) is 12.2 Å². The summed E-state index contributed by atoms with van der Waals surface area (Å²) < 4.78 is 1.01. The van der Waals surface area contributed by atoms with E-state index in [0.29, 0.717) is 11.4 Å². The van der Waals surface area contributed by atoms with Crippen LogP contribution in [0.3, 0.4) is 0 Å². The van der Waals surface area contributed by atoms with Gasteiger partial charge < -0.3 is 0 Å². The van der Waals surface area contributed by atoms with Gasteiger partial charge in [-0.1, -0.05) is 54.2 Å². The molecule has 2 amide bonds. The van der Waals surface area contributed by atoms with E-state index in [-0.39, 0.29) is 0 Å². The second-order valence-corrected chi connectivity index (χ2v) is 8.23. The topological polar surface area (TPSA) is 88.0 Å². The maximum Gasteiger partial charge on any atom is 0.352 e. The van der Waals surface area contributed by atoms with Gasteiger partial charge in [0.15, 0.2) is 0 Å². The highest BCUT2D eigenvalue weighted by Crippen LogP contribution is 2.29. The Bertz CT molecular complexity index is 811. The zero-order valence-corrected chi connectivity index (χ0v) is 18.1. The van der Waals surface area contributed by atoms with E-state index in [9.17, 15) is 4.79 Å². The van der Waals surface area contributed by atoms with E-state index in [1.807, 2.05) is 49.6 Å². The van der Waals surface area contributed by atoms with E-state index in [1.165, 1.54) is 12.6 Å². The molecule has 2 aromatic carbocycles. The fourth-order valence-electron chi connectivity index (χ4n) is 2.60. The lowest BCUT2D eigenvalue weighted by atomic mass is 10.1. The lowest BCUT2D eigenvalue weighted by Gasteiger charge is -2.24. The predicted octanol–water partition coefficient (Wildman–Crippen LogP) is 3.80. The maximum absolute atomic E-state index is 12.1. The highest BCUT2D eigenvalue weighted by molar-refractivity contribution is 8.38. The summed E-state index contributed by atoms with van der Waals surface area (Å²) in [5.41, 5.74) is 3.99. The number of carbonyl (C=O) groups excluding carboxylic acids is 1. The van der Waals surface area contributed by atoms with Crippen LogP contribution in [0.2, 0.25) is 0 Å². The molecule has 0 atom stereocenters. The van der Waals surface area contributed by atoms with Crippen LogP contribution in [0.5, 0.6) is 0 Å². The van der Waals surface area contributed by atoms with Gasteiger partial charge in [0.1, 0.15) is 4.38 Å². The van der Waals surface area contributed by atoms with Crippen molar-refractivity contribution in [2.45, 2.75) is 19.1 Å². The first-order chi connectivity index (χ1) is 13.4. The van der Waals surface area contributed by atoms with Crippen LogP contribution in [0.15, 0.2) is 53.5 Å². The van der Waals surface area contributed by atoms with E-state index in [0.717, 1.165) is 38.5 Å². The van der Waals surface area contributed by atoms with Crippen molar-refractivity contribution in [2.24, 2.45) is 16.7 Å². The molecule has 28 heavy (non-hydrogen) atoms. The number of thioether (sulfide) groups is 2. The molecule has 8 heteroatoms. The molecule has 6 nitrogen and oxygen atoms in total. The van der Waals surface area contributed by atoms with Crippen LogP contribution in [-0.4, -0.2) is 35.3 Å². The summed E-state index contributed by atoms with van der Waals surface area (Å²) in [6, 6.07) is 15.6. The summed E-state index contributed by atoms with van der Waals surface area (Å²) >= 11 is 3.28. The molecule has 150 valence electrons. The second-order valence-electron chi connectivity index (χ2n) is 6.21. The van der Waals surface area contributed by atoms with Gasteiger partial charge in [-0.3, -0.25) is 10.0 Å². The summed E-state index contributed by atoms with van der Waals surface area (Å²) in [7, 11) is 1.47. The Morgan fingerprint density at radius 1 is 1.11 bits per heavy atom. The highest BCUT2D eigenvalue weighted by atomic mass is 32.2. The Morgan fingerprint density at radius 2 is 1.82 bits per heavy atom. The van der Waals surface area contributed by atoms with Gasteiger partial charge in [0.05, 0.1) is 5.69 Å². The van der Waals surface area contributed by atoms with Gasteiger partial charge >= 0.3 is 6.03 Å². The standard InChI is InChI=1S/C20H27N5OS2/c1-15-8-7-11-18(25(22)20(26)24(2)21)17(15)14-28-19(27-3)23-13-12-16-9-5-4-6-10-16/h4-11H,12-14,21-22H2,1-3H3/b23-19-. The number of hydrogen-bond acceptors (Lipinski definition) is 6. The van der Waals surface area contributed by atoms with E-state index in [1.54, 1.807) is 23.5 Å². The monoisotopic (exact) mass is 417 g/mol. The lowest BCUT2D eigenvalue weighted by Crippen LogP contribution is -2.49. The molecule has 4 N–H and O–H groups in total. The Kier molecular flexibility index (Phi) is 8.85. The number of hydrogen-bond donors (Lipinski definition) is 2. The summed E-state index contributed by atoms with van der Waals surface area (Å²) in [6.07, 6.45) is 2.93. The lowest BCUT2D eigenvalue weighted by molar-refractivity contribution is 0.216. The third-order valence-corrected chi connectivity index (χ3v) is 6.29. The van der Waals surface area contributed by atoms with Crippen molar-refractivity contribution in [1.29, 1.82) is 0 Å². The third kappa shape index (κ3) is 6.27. The molecule has 0 aliphatic heterocycles. The molecular weight excluding hydrogens is 390 g/mol. The van der Waals surface area contributed by atoms with E-state index in [4.69, 9.17) is 16.7 Å². The van der Waals surface area contributed by atoms with Crippen molar-refractivity contribution in [1.82, 2.24) is 5.01 Å². The van der Waals surface area contributed by atoms with Crippen LogP contribution >= 0.6 is 23.5 Å². The highest BCUT2D eigenvalue weighted by Gasteiger charge is 2.19. The molecule has 0 radical (unpaired) electrons. The SMILES string of the molecule is CS/C(=N/CCc1ccccc1)SCc1c(C)cccc1N(N)C(=O)N(C)N. The van der Waals surface area contributed by atoms with Gasteiger partial charge in [-0.25, -0.2) is 21.5 Å². The summed E-state index contributed by atoms with van der Waals surface area (Å²) in [5.74, 6) is 12.2. The Morgan fingerprint density at radius 3 is 2.46 bits per heavy atom. The minimum atomic E-state index is -0.474. The number of urea groups is 1. The molecule has 0 unspecified atom stereocenters. The van der Waals surface area contributed by atoms with Crippen LogP contribution < -0.4 is 16.7 Å². The van der Waals surface area contributed by atoms with Gasteiger partial charge in [0.2, 0.25) is 0 Å². The predicted molar refractivity (Wildman–Crippen MR) is 122 cm³/mol. The number of carbonyl (C=O) groups is 1. The molecule has 0 aliphatic rings. The number of benzene rings is 2. The maximum atomic E-state index is 12.1. The number of nitrogens with zero attached hydrogens (tertiary/aromatic N) is 3. The van der Waals surface area contributed by atoms with Crippen LogP contribution in [0.25, 0.3) is 0 Å². The van der Waals surface area contributed by atoms with E-state index in [2.05, 4.69) is 12.1 Å². The van der Waals surface area contributed by atoms with Crippen LogP contribution in [0, 0.1) is 6.92 Å². The van der Waals surface area contributed by atoms with Gasteiger partial charge in [-0.05, 0) is 42.4 Å². The smallest absolute Gasteiger partial charge is 0.271 e. The molecule has 0 aromatic heterocycles. The minimum absolute atomic E-state index is 0.474. The summed E-state index contributed by atoms with van der Waals surface area (Å²) in [6.45, 7) is 2.75. The van der Waals surface area contributed by atoms with Crippen molar-refractivity contribution in [3.63, 3.8) is 0 Å². The van der Waals surface area contributed by atoms with Crippen molar-refractivity contribution in [2.75, 3.05) is 24.9 Å². The molecule has 2 rings (SSSR count). The molecule has 0 saturated carbocycles. The fraction of sp³-hybridized carbons (Fsp3) is 0.300. The Balaban J connectivity index is 2.07. The first kappa shape index (κ1) is 22.3. The van der Waals surface area contributed by atoms with Crippen molar-refractivity contribution in [3.8, 4) is 0 Å². The molecule has 0 spiro atoms. The zero-order chi connectivity index (χ0) is 20.5. The van der Waals surface area contributed by atoms with Gasteiger partial charge in [-0.15, -0.1) is 11.8 Å². The summed E-state index contributed by atoms with van der Waals surface area (Å²) in [5, 5.41) is 2.06. The third-order valence-electron chi connectivity index (χ3n) is 4.15. The molecular formula is C20H27N5OS2. The second kappa shape index (κ2) is 11.1. The molecule has 0 fully saturated rings.